The van der Waals surface area contributed by atoms with Crippen LogP contribution in [0.1, 0.15) is 38.7 Å². The second-order valence-electron chi connectivity index (χ2n) is 6.45. The van der Waals surface area contributed by atoms with Crippen molar-refractivity contribution in [1.82, 2.24) is 9.88 Å². The van der Waals surface area contributed by atoms with E-state index >= 15 is 0 Å². The highest BCUT2D eigenvalue weighted by atomic mass is 35.5. The van der Waals surface area contributed by atoms with Crippen molar-refractivity contribution in [1.29, 1.82) is 0 Å². The topological polar surface area (TPSA) is 51.1 Å². The molecular weight excluding hydrogens is 345 g/mol. The van der Waals surface area contributed by atoms with Crippen LogP contribution in [-0.4, -0.2) is 16.5 Å². The Balaban J connectivity index is 2.14. The van der Waals surface area contributed by atoms with Gasteiger partial charge in [0.05, 0.1) is 5.56 Å². The third-order valence-electron chi connectivity index (χ3n) is 4.74. The van der Waals surface area contributed by atoms with Crippen LogP contribution in [0.15, 0.2) is 17.1 Å². The summed E-state index contributed by atoms with van der Waals surface area (Å²) in [6.45, 7) is 3.67. The predicted octanol–water partition coefficient (Wildman–Crippen LogP) is 3.46. The summed E-state index contributed by atoms with van der Waals surface area (Å²) in [5.74, 6) is 0.262. The summed E-state index contributed by atoms with van der Waals surface area (Å²) in [6, 6.07) is 0.543. The Hall–Kier alpha value is -1.50. The van der Waals surface area contributed by atoms with E-state index in [-0.39, 0.29) is 12.0 Å². The van der Waals surface area contributed by atoms with E-state index in [1.807, 2.05) is 6.92 Å². The number of halogens is 4. The molecule has 0 bridgehead atoms. The number of aromatic nitrogens is 1. The number of amides is 1. The second kappa shape index (κ2) is 7.17. The zero-order chi connectivity index (χ0) is 18.1. The molecule has 1 N–H and O–H groups in total. The van der Waals surface area contributed by atoms with Crippen LogP contribution >= 0.6 is 11.6 Å². The molecule has 0 unspecified atom stereocenters. The van der Waals surface area contributed by atoms with Crippen molar-refractivity contribution in [2.24, 2.45) is 11.8 Å². The summed E-state index contributed by atoms with van der Waals surface area (Å²) in [6.07, 6.45) is -1.10. The quantitative estimate of drug-likeness (QED) is 0.893. The molecule has 1 aliphatic rings. The van der Waals surface area contributed by atoms with Crippen LogP contribution < -0.4 is 10.9 Å². The molecule has 1 aliphatic carbocycles. The van der Waals surface area contributed by atoms with E-state index < -0.39 is 34.8 Å². The van der Waals surface area contributed by atoms with Crippen LogP contribution in [0, 0.1) is 11.8 Å². The fourth-order valence-electron chi connectivity index (χ4n) is 3.06. The second-order valence-corrected chi connectivity index (χ2v) is 6.86. The monoisotopic (exact) mass is 364 g/mol. The van der Waals surface area contributed by atoms with E-state index in [0.717, 1.165) is 19.3 Å². The van der Waals surface area contributed by atoms with Gasteiger partial charge in [-0.25, -0.2) is 0 Å². The summed E-state index contributed by atoms with van der Waals surface area (Å²) in [4.78, 5) is 24.0. The van der Waals surface area contributed by atoms with E-state index in [4.69, 9.17) is 11.6 Å². The number of hydrogen-bond acceptors (Lipinski definition) is 2. The normalized spacial score (nSPS) is 24.7. The molecule has 1 heterocycles. The summed E-state index contributed by atoms with van der Waals surface area (Å²) in [5, 5.41) is 2.27. The molecule has 0 aliphatic heterocycles. The molecule has 0 saturated heterocycles. The van der Waals surface area contributed by atoms with Gasteiger partial charge in [0.1, 0.15) is 11.6 Å². The van der Waals surface area contributed by atoms with Crippen LogP contribution in [-0.2, 0) is 17.5 Å². The van der Waals surface area contributed by atoms with Gasteiger partial charge in [-0.15, -0.1) is 0 Å². The average molecular weight is 365 g/mol. The number of rotatable bonds is 3. The average Bonchev–Trinajstić information content (AvgIpc) is 2.47. The number of alkyl halides is 3. The van der Waals surface area contributed by atoms with E-state index in [0.29, 0.717) is 22.7 Å². The molecule has 0 spiro atoms. The van der Waals surface area contributed by atoms with Crippen molar-refractivity contribution in [3.63, 3.8) is 0 Å². The molecule has 1 saturated carbocycles. The molecule has 1 amide bonds. The maximum atomic E-state index is 12.8. The largest absolute Gasteiger partial charge is 0.417 e. The molecule has 1 fully saturated rings. The Labute approximate surface area is 143 Å². The number of nitrogens with zero attached hydrogens (tertiary/aromatic N) is 1. The number of hydrogen-bond donors (Lipinski definition) is 1. The van der Waals surface area contributed by atoms with Gasteiger partial charge in [0, 0.05) is 12.2 Å². The Morgan fingerprint density at radius 3 is 2.67 bits per heavy atom. The van der Waals surface area contributed by atoms with Crippen molar-refractivity contribution >= 4 is 17.5 Å². The van der Waals surface area contributed by atoms with Gasteiger partial charge in [0.15, 0.2) is 0 Å². The smallest absolute Gasteiger partial charge is 0.352 e. The van der Waals surface area contributed by atoms with Gasteiger partial charge in [-0.05, 0) is 24.3 Å². The Kier molecular flexibility index (Phi) is 5.63. The van der Waals surface area contributed by atoms with Crippen molar-refractivity contribution in [2.75, 3.05) is 0 Å². The Bertz CT molecular complexity index is 672. The standard InChI is InChI=1S/C16H20ClF3N2O2/c1-9-4-3-5-13(10(9)2)21-14(23)8-22-7-11(16(18,19)20)6-12(17)15(22)24/h6-7,9-10,13H,3-5,8H2,1-2H3,(H,21,23)/t9-,10-,13+/m1/s1. The van der Waals surface area contributed by atoms with Crippen LogP contribution in [0.5, 0.6) is 0 Å². The van der Waals surface area contributed by atoms with E-state index in [1.54, 1.807) is 0 Å². The number of pyridine rings is 1. The lowest BCUT2D eigenvalue weighted by Gasteiger charge is -2.34. The Morgan fingerprint density at radius 2 is 2.04 bits per heavy atom. The van der Waals surface area contributed by atoms with Gasteiger partial charge >= 0.3 is 6.18 Å². The summed E-state index contributed by atoms with van der Waals surface area (Å²) < 4.78 is 39.1. The number of carbonyl (C=O) groups excluding carboxylic acids is 1. The van der Waals surface area contributed by atoms with Gasteiger partial charge in [-0.1, -0.05) is 38.3 Å². The van der Waals surface area contributed by atoms with E-state index in [9.17, 15) is 22.8 Å². The first kappa shape index (κ1) is 18.8. The summed E-state index contributed by atoms with van der Waals surface area (Å²) in [5.41, 5.74) is -1.87. The summed E-state index contributed by atoms with van der Waals surface area (Å²) >= 11 is 5.58. The molecule has 8 heteroatoms. The molecule has 3 atom stereocenters. The van der Waals surface area contributed by atoms with Gasteiger partial charge in [-0.3, -0.25) is 9.59 Å². The van der Waals surface area contributed by atoms with Gasteiger partial charge in [-0.2, -0.15) is 13.2 Å². The van der Waals surface area contributed by atoms with Crippen LogP contribution in [0.25, 0.3) is 0 Å². The SMILES string of the molecule is C[C@@H]1[C@H](C)CCC[C@@H]1NC(=O)Cn1cc(C(F)(F)F)cc(Cl)c1=O. The van der Waals surface area contributed by atoms with Crippen molar-refractivity contribution in [2.45, 2.75) is 51.9 Å². The third kappa shape index (κ3) is 4.32. The first-order chi connectivity index (χ1) is 11.1. The highest BCUT2D eigenvalue weighted by Gasteiger charge is 2.32. The predicted molar refractivity (Wildman–Crippen MR) is 84.8 cm³/mol. The minimum Gasteiger partial charge on any atom is -0.352 e. The van der Waals surface area contributed by atoms with Crippen LogP contribution in [0.3, 0.4) is 0 Å². The van der Waals surface area contributed by atoms with E-state index in [1.165, 1.54) is 0 Å². The van der Waals surface area contributed by atoms with Crippen molar-refractivity contribution in [3.8, 4) is 0 Å². The van der Waals surface area contributed by atoms with Gasteiger partial charge in [0.25, 0.3) is 5.56 Å². The fourth-order valence-corrected chi connectivity index (χ4v) is 3.29. The van der Waals surface area contributed by atoms with Crippen molar-refractivity contribution in [3.05, 3.63) is 33.2 Å². The minimum absolute atomic E-state index is 0.0294. The first-order valence-corrected chi connectivity index (χ1v) is 8.24. The maximum Gasteiger partial charge on any atom is 0.417 e. The van der Waals surface area contributed by atoms with Crippen LogP contribution in [0.4, 0.5) is 13.2 Å². The molecule has 4 nitrogen and oxygen atoms in total. The third-order valence-corrected chi connectivity index (χ3v) is 5.01. The lowest BCUT2D eigenvalue weighted by Crippen LogP contribution is -2.45. The number of nitrogens with one attached hydrogen (secondary N) is 1. The zero-order valence-electron chi connectivity index (χ0n) is 13.5. The molecular formula is C16H20ClF3N2O2. The minimum atomic E-state index is -4.64. The van der Waals surface area contributed by atoms with Gasteiger partial charge < -0.3 is 9.88 Å². The highest BCUT2D eigenvalue weighted by molar-refractivity contribution is 6.30. The molecule has 1 aromatic heterocycles. The summed E-state index contributed by atoms with van der Waals surface area (Å²) in [7, 11) is 0. The lowest BCUT2D eigenvalue weighted by atomic mass is 9.78. The molecule has 0 aromatic carbocycles. The highest BCUT2D eigenvalue weighted by Crippen LogP contribution is 2.30. The molecule has 24 heavy (non-hydrogen) atoms. The first-order valence-electron chi connectivity index (χ1n) is 7.86. The lowest BCUT2D eigenvalue weighted by molar-refractivity contribution is -0.138. The number of carbonyl (C=O) groups is 1. The molecule has 2 rings (SSSR count). The zero-order valence-corrected chi connectivity index (χ0v) is 14.2. The molecule has 134 valence electrons. The van der Waals surface area contributed by atoms with Crippen LogP contribution in [0.2, 0.25) is 5.02 Å². The maximum absolute atomic E-state index is 12.8. The van der Waals surface area contributed by atoms with Gasteiger partial charge in [0.2, 0.25) is 5.91 Å². The van der Waals surface area contributed by atoms with Crippen molar-refractivity contribution < 1.29 is 18.0 Å². The fraction of sp³-hybridized carbons (Fsp3) is 0.625. The Morgan fingerprint density at radius 1 is 1.38 bits per heavy atom. The molecule has 1 aromatic rings. The van der Waals surface area contributed by atoms with E-state index in [2.05, 4.69) is 12.2 Å². The molecule has 0 radical (unpaired) electrons.